The minimum Gasteiger partial charge on any atom is -0.327 e. The van der Waals surface area contributed by atoms with Crippen molar-refractivity contribution in [2.45, 2.75) is 32.2 Å². The molecule has 0 amide bonds. The minimum atomic E-state index is -0.518. The first-order valence-electron chi connectivity index (χ1n) is 6.80. The van der Waals surface area contributed by atoms with Crippen molar-refractivity contribution in [2.24, 2.45) is 5.73 Å². The zero-order chi connectivity index (χ0) is 14.5. The second-order valence-electron chi connectivity index (χ2n) is 5.19. The molecule has 0 saturated carbocycles. The molecule has 20 heavy (non-hydrogen) atoms. The molecule has 0 bridgehead atoms. The van der Waals surface area contributed by atoms with Gasteiger partial charge in [-0.05, 0) is 43.9 Å². The molecule has 1 atom stereocenters. The average Bonchev–Trinajstić information content (AvgIpc) is 2.41. The largest absolute Gasteiger partial charge is 0.327 e. The number of benzene rings is 2. The van der Waals surface area contributed by atoms with Crippen molar-refractivity contribution in [3.63, 3.8) is 0 Å². The van der Waals surface area contributed by atoms with E-state index in [1.165, 1.54) is 29.3 Å². The van der Waals surface area contributed by atoms with E-state index < -0.39 is 11.6 Å². The second kappa shape index (κ2) is 6.62. The summed E-state index contributed by atoms with van der Waals surface area (Å²) in [4.78, 5) is 0. The molecule has 0 saturated heterocycles. The van der Waals surface area contributed by atoms with Crippen LogP contribution in [0.3, 0.4) is 0 Å². The van der Waals surface area contributed by atoms with Crippen molar-refractivity contribution in [1.29, 1.82) is 0 Å². The van der Waals surface area contributed by atoms with Crippen LogP contribution in [0.5, 0.6) is 0 Å². The topological polar surface area (TPSA) is 26.0 Å². The molecule has 0 heterocycles. The van der Waals surface area contributed by atoms with Gasteiger partial charge in [-0.15, -0.1) is 0 Å². The highest BCUT2D eigenvalue weighted by molar-refractivity contribution is 5.23. The predicted octanol–water partition coefficient (Wildman–Crippen LogP) is 3.78. The van der Waals surface area contributed by atoms with Crippen LogP contribution in [0.25, 0.3) is 0 Å². The molecule has 2 N–H and O–H groups in total. The lowest BCUT2D eigenvalue weighted by atomic mass is 9.98. The number of hydrogen-bond donors (Lipinski definition) is 1. The molecule has 2 rings (SSSR count). The monoisotopic (exact) mass is 275 g/mol. The van der Waals surface area contributed by atoms with Crippen molar-refractivity contribution >= 4 is 0 Å². The smallest absolute Gasteiger partial charge is 0.129 e. The van der Waals surface area contributed by atoms with Gasteiger partial charge >= 0.3 is 0 Å². The van der Waals surface area contributed by atoms with Crippen LogP contribution in [0, 0.1) is 18.6 Å². The standard InChI is InChI=1S/C17H19F2N/c1-12-4-2-5-13(10-12)8-9-14(20)11-15-16(18)6-3-7-17(15)19/h2-7,10,14H,8-9,11,20H2,1H3. The van der Waals surface area contributed by atoms with Crippen LogP contribution < -0.4 is 5.73 Å². The Morgan fingerprint density at radius 2 is 1.70 bits per heavy atom. The molecular formula is C17H19F2N. The Bertz CT molecular complexity index is 561. The van der Waals surface area contributed by atoms with Gasteiger partial charge in [0, 0.05) is 11.6 Å². The van der Waals surface area contributed by atoms with E-state index in [0.29, 0.717) is 6.42 Å². The summed E-state index contributed by atoms with van der Waals surface area (Å²) in [5.41, 5.74) is 8.49. The van der Waals surface area contributed by atoms with Crippen molar-refractivity contribution < 1.29 is 8.78 Å². The zero-order valence-electron chi connectivity index (χ0n) is 11.6. The lowest BCUT2D eigenvalue weighted by Crippen LogP contribution is -2.24. The fourth-order valence-corrected chi connectivity index (χ4v) is 2.31. The lowest BCUT2D eigenvalue weighted by molar-refractivity contribution is 0.523. The third kappa shape index (κ3) is 3.87. The van der Waals surface area contributed by atoms with Crippen LogP contribution in [-0.4, -0.2) is 6.04 Å². The van der Waals surface area contributed by atoms with Gasteiger partial charge in [0.2, 0.25) is 0 Å². The van der Waals surface area contributed by atoms with Crippen LogP contribution in [0.15, 0.2) is 42.5 Å². The zero-order valence-corrected chi connectivity index (χ0v) is 11.6. The van der Waals surface area contributed by atoms with Gasteiger partial charge in [0.1, 0.15) is 11.6 Å². The highest BCUT2D eigenvalue weighted by Crippen LogP contribution is 2.16. The molecule has 2 aromatic carbocycles. The second-order valence-corrected chi connectivity index (χ2v) is 5.19. The van der Waals surface area contributed by atoms with Gasteiger partial charge in [-0.2, -0.15) is 0 Å². The Balaban J connectivity index is 1.94. The van der Waals surface area contributed by atoms with E-state index in [1.807, 2.05) is 25.1 Å². The van der Waals surface area contributed by atoms with Crippen LogP contribution in [0.4, 0.5) is 8.78 Å². The van der Waals surface area contributed by atoms with Gasteiger partial charge in [0.05, 0.1) is 0 Å². The molecule has 0 spiro atoms. The molecule has 0 aromatic heterocycles. The van der Waals surface area contributed by atoms with Crippen LogP contribution in [0.1, 0.15) is 23.1 Å². The quantitative estimate of drug-likeness (QED) is 0.883. The van der Waals surface area contributed by atoms with Crippen molar-refractivity contribution in [3.8, 4) is 0 Å². The summed E-state index contributed by atoms with van der Waals surface area (Å²) >= 11 is 0. The molecule has 0 aliphatic rings. The van der Waals surface area contributed by atoms with Crippen LogP contribution in [0.2, 0.25) is 0 Å². The number of nitrogens with two attached hydrogens (primary N) is 1. The maximum Gasteiger partial charge on any atom is 0.129 e. The summed E-state index contributed by atoms with van der Waals surface area (Å²) in [5.74, 6) is -1.04. The number of aryl methyl sites for hydroxylation is 2. The third-order valence-corrected chi connectivity index (χ3v) is 3.41. The lowest BCUT2D eigenvalue weighted by Gasteiger charge is -2.13. The summed E-state index contributed by atoms with van der Waals surface area (Å²) in [6.45, 7) is 2.04. The average molecular weight is 275 g/mol. The Morgan fingerprint density at radius 1 is 1.05 bits per heavy atom. The first kappa shape index (κ1) is 14.7. The first-order valence-corrected chi connectivity index (χ1v) is 6.80. The number of rotatable bonds is 5. The molecule has 106 valence electrons. The maximum atomic E-state index is 13.5. The van der Waals surface area contributed by atoms with E-state index in [-0.39, 0.29) is 18.0 Å². The Kier molecular flexibility index (Phi) is 4.85. The van der Waals surface area contributed by atoms with Crippen molar-refractivity contribution in [1.82, 2.24) is 0 Å². The summed E-state index contributed by atoms with van der Waals surface area (Å²) in [6, 6.07) is 11.9. The van der Waals surface area contributed by atoms with Crippen molar-refractivity contribution in [2.75, 3.05) is 0 Å². The molecule has 1 nitrogen and oxygen atoms in total. The molecule has 2 aromatic rings. The summed E-state index contributed by atoms with van der Waals surface area (Å²) in [5, 5.41) is 0. The normalized spacial score (nSPS) is 12.4. The first-order chi connectivity index (χ1) is 9.56. The molecule has 1 unspecified atom stereocenters. The SMILES string of the molecule is Cc1cccc(CCC(N)Cc2c(F)cccc2F)c1. The summed E-state index contributed by atoms with van der Waals surface area (Å²) in [7, 11) is 0. The molecular weight excluding hydrogens is 256 g/mol. The highest BCUT2D eigenvalue weighted by Gasteiger charge is 2.12. The third-order valence-electron chi connectivity index (χ3n) is 3.41. The van der Waals surface area contributed by atoms with Crippen LogP contribution in [-0.2, 0) is 12.8 Å². The van der Waals surface area contributed by atoms with Gasteiger partial charge < -0.3 is 5.73 Å². The van der Waals surface area contributed by atoms with E-state index >= 15 is 0 Å². The Morgan fingerprint density at radius 3 is 2.35 bits per heavy atom. The summed E-state index contributed by atoms with van der Waals surface area (Å²) in [6.07, 6.45) is 1.75. The van der Waals surface area contributed by atoms with E-state index in [9.17, 15) is 8.78 Å². The van der Waals surface area contributed by atoms with E-state index in [2.05, 4.69) is 6.07 Å². The molecule has 0 fully saturated rings. The summed E-state index contributed by atoms with van der Waals surface area (Å²) < 4.78 is 27.1. The fourth-order valence-electron chi connectivity index (χ4n) is 2.31. The number of halogens is 2. The van der Waals surface area contributed by atoms with E-state index in [1.54, 1.807) is 0 Å². The van der Waals surface area contributed by atoms with Gasteiger partial charge in [-0.25, -0.2) is 8.78 Å². The van der Waals surface area contributed by atoms with Gasteiger partial charge in [0.25, 0.3) is 0 Å². The Labute approximate surface area is 118 Å². The molecule has 0 aliphatic heterocycles. The van der Waals surface area contributed by atoms with E-state index in [0.717, 1.165) is 6.42 Å². The highest BCUT2D eigenvalue weighted by atomic mass is 19.1. The predicted molar refractivity (Wildman–Crippen MR) is 77.5 cm³/mol. The molecule has 3 heteroatoms. The fraction of sp³-hybridized carbons (Fsp3) is 0.294. The Hall–Kier alpha value is -1.74. The van der Waals surface area contributed by atoms with E-state index in [4.69, 9.17) is 5.73 Å². The van der Waals surface area contributed by atoms with Crippen LogP contribution >= 0.6 is 0 Å². The van der Waals surface area contributed by atoms with Gasteiger partial charge in [-0.3, -0.25) is 0 Å². The molecule has 0 aliphatic carbocycles. The minimum absolute atomic E-state index is 0.0873. The van der Waals surface area contributed by atoms with Gasteiger partial charge in [-0.1, -0.05) is 35.9 Å². The maximum absolute atomic E-state index is 13.5. The van der Waals surface area contributed by atoms with Crippen molar-refractivity contribution in [3.05, 3.63) is 70.8 Å². The number of hydrogen-bond acceptors (Lipinski definition) is 1. The van der Waals surface area contributed by atoms with Gasteiger partial charge in [0.15, 0.2) is 0 Å². The molecule has 0 radical (unpaired) electrons.